The van der Waals surface area contributed by atoms with E-state index in [0.717, 1.165) is 16.9 Å². The van der Waals surface area contributed by atoms with Gasteiger partial charge in [0.15, 0.2) is 17.5 Å². The number of ether oxygens (including phenoxy) is 1. The van der Waals surface area contributed by atoms with Gasteiger partial charge in [0.05, 0.1) is 11.1 Å². The van der Waals surface area contributed by atoms with Gasteiger partial charge in [0.25, 0.3) is 5.91 Å². The van der Waals surface area contributed by atoms with Gasteiger partial charge in [-0.3, -0.25) is 14.9 Å². The van der Waals surface area contributed by atoms with Gasteiger partial charge < -0.3 is 4.74 Å². The molecule has 0 aliphatic heterocycles. The number of nitrogens with one attached hydrogen (secondary N) is 1. The van der Waals surface area contributed by atoms with Crippen molar-refractivity contribution < 1.29 is 14.3 Å². The van der Waals surface area contributed by atoms with Gasteiger partial charge in [-0.15, -0.1) is 0 Å². The van der Waals surface area contributed by atoms with Crippen LogP contribution >= 0.6 is 11.3 Å². The summed E-state index contributed by atoms with van der Waals surface area (Å²) in [5.74, 6) is 0.385. The lowest BCUT2D eigenvalue weighted by Gasteiger charge is -2.16. The molecule has 1 N–H and O–H groups in total. The first-order valence-electron chi connectivity index (χ1n) is 6.57. The summed E-state index contributed by atoms with van der Waals surface area (Å²) in [6.07, 6.45) is 2.06. The third-order valence-electron chi connectivity index (χ3n) is 2.80. The smallest absolute Gasteiger partial charge is 0.267 e. The van der Waals surface area contributed by atoms with Crippen LogP contribution in [0.3, 0.4) is 0 Å². The van der Waals surface area contributed by atoms with Crippen molar-refractivity contribution in [2.24, 2.45) is 0 Å². The summed E-state index contributed by atoms with van der Waals surface area (Å²) in [7, 11) is 0. The molecule has 0 spiro atoms. The van der Waals surface area contributed by atoms with Crippen molar-refractivity contribution in [1.29, 1.82) is 0 Å². The molecule has 2 rings (SSSR count). The van der Waals surface area contributed by atoms with Gasteiger partial charge >= 0.3 is 0 Å². The van der Waals surface area contributed by atoms with E-state index in [-0.39, 0.29) is 5.91 Å². The molecule has 5 nitrogen and oxygen atoms in total. The Balaban J connectivity index is 2.02. The van der Waals surface area contributed by atoms with Crippen molar-refractivity contribution in [3.8, 4) is 5.75 Å². The number of aldehydes is 1. The average Bonchev–Trinajstić information content (AvgIpc) is 2.92. The summed E-state index contributed by atoms with van der Waals surface area (Å²) in [6.45, 7) is 3.84. The lowest BCUT2D eigenvalue weighted by Crippen LogP contribution is -2.32. The van der Waals surface area contributed by atoms with Crippen molar-refractivity contribution in [3.63, 3.8) is 0 Å². The summed E-state index contributed by atoms with van der Waals surface area (Å²) in [5.41, 5.74) is 1.07. The quantitative estimate of drug-likeness (QED) is 0.833. The van der Waals surface area contributed by atoms with Crippen LogP contribution < -0.4 is 10.1 Å². The highest BCUT2D eigenvalue weighted by molar-refractivity contribution is 7.17. The van der Waals surface area contributed by atoms with E-state index in [1.807, 2.05) is 38.1 Å². The van der Waals surface area contributed by atoms with Gasteiger partial charge in [0.1, 0.15) is 5.75 Å². The summed E-state index contributed by atoms with van der Waals surface area (Å²) in [5, 5.41) is 3.06. The monoisotopic (exact) mass is 304 g/mol. The van der Waals surface area contributed by atoms with Crippen LogP contribution in [0, 0.1) is 6.92 Å². The fourth-order valence-corrected chi connectivity index (χ4v) is 2.39. The van der Waals surface area contributed by atoms with Crippen LogP contribution in [-0.4, -0.2) is 23.3 Å². The Kier molecular flexibility index (Phi) is 5.05. The zero-order valence-electron chi connectivity index (χ0n) is 11.8. The van der Waals surface area contributed by atoms with Crippen LogP contribution in [0.15, 0.2) is 30.5 Å². The number of thiazole rings is 1. The molecule has 110 valence electrons. The second-order valence-corrected chi connectivity index (χ2v) is 5.57. The van der Waals surface area contributed by atoms with Gasteiger partial charge in [-0.1, -0.05) is 30.4 Å². The Hall–Kier alpha value is -2.21. The molecule has 2 aromatic rings. The molecule has 6 heteroatoms. The number of carbonyl (C=O) groups is 2. The van der Waals surface area contributed by atoms with E-state index in [4.69, 9.17) is 4.74 Å². The van der Waals surface area contributed by atoms with Gasteiger partial charge in [0.2, 0.25) is 0 Å². The van der Waals surface area contributed by atoms with Gasteiger partial charge in [0, 0.05) is 0 Å². The maximum absolute atomic E-state index is 12.2. The Morgan fingerprint density at radius 3 is 2.95 bits per heavy atom. The zero-order chi connectivity index (χ0) is 15.2. The minimum Gasteiger partial charge on any atom is -0.481 e. The second kappa shape index (κ2) is 6.99. The fourth-order valence-electron chi connectivity index (χ4n) is 1.76. The van der Waals surface area contributed by atoms with Crippen LogP contribution in [0.5, 0.6) is 5.75 Å². The molecule has 0 fully saturated rings. The van der Waals surface area contributed by atoms with E-state index in [9.17, 15) is 9.59 Å². The number of hydrogen-bond donors (Lipinski definition) is 1. The predicted octanol–water partition coefficient (Wildman–Crippen LogP) is 3.06. The minimum absolute atomic E-state index is 0.272. The molecule has 1 aromatic heterocycles. The van der Waals surface area contributed by atoms with E-state index in [1.54, 1.807) is 0 Å². The molecule has 0 bridgehead atoms. The second-order valence-electron chi connectivity index (χ2n) is 4.51. The number of benzene rings is 1. The number of amides is 1. The normalized spacial score (nSPS) is 11.7. The Labute approximate surface area is 127 Å². The molecule has 0 aliphatic rings. The number of aromatic nitrogens is 1. The number of rotatable bonds is 6. The number of hydrogen-bond acceptors (Lipinski definition) is 5. The first-order chi connectivity index (χ1) is 10.1. The highest BCUT2D eigenvalue weighted by atomic mass is 32.1. The van der Waals surface area contributed by atoms with E-state index in [1.165, 1.54) is 6.20 Å². The molecule has 0 radical (unpaired) electrons. The van der Waals surface area contributed by atoms with E-state index < -0.39 is 6.10 Å². The molecule has 0 aliphatic carbocycles. The molecule has 1 heterocycles. The summed E-state index contributed by atoms with van der Waals surface area (Å²) >= 11 is 1.13. The summed E-state index contributed by atoms with van der Waals surface area (Å²) in [4.78, 5) is 27.2. The fraction of sp³-hybridized carbons (Fsp3) is 0.267. The molecular formula is C15H16N2O3S. The van der Waals surface area contributed by atoms with Crippen molar-refractivity contribution in [1.82, 2.24) is 4.98 Å². The van der Waals surface area contributed by atoms with Crippen LogP contribution in [0.25, 0.3) is 0 Å². The largest absolute Gasteiger partial charge is 0.481 e. The molecule has 1 aromatic carbocycles. The maximum atomic E-state index is 12.2. The van der Waals surface area contributed by atoms with Crippen LogP contribution in [0.2, 0.25) is 0 Å². The lowest BCUT2D eigenvalue weighted by molar-refractivity contribution is -0.122. The molecule has 1 amide bonds. The van der Waals surface area contributed by atoms with Crippen molar-refractivity contribution in [2.75, 3.05) is 5.32 Å². The number of anilines is 1. The molecule has 1 unspecified atom stereocenters. The Bertz CT molecular complexity index is 639. The molecule has 0 saturated heterocycles. The topological polar surface area (TPSA) is 68.3 Å². The first kappa shape index (κ1) is 15.2. The van der Waals surface area contributed by atoms with Gasteiger partial charge in [-0.05, 0) is 31.0 Å². The molecular weight excluding hydrogens is 288 g/mol. The Morgan fingerprint density at radius 2 is 2.33 bits per heavy atom. The lowest BCUT2D eigenvalue weighted by atomic mass is 10.2. The van der Waals surface area contributed by atoms with Crippen molar-refractivity contribution >= 4 is 28.7 Å². The van der Waals surface area contributed by atoms with Crippen molar-refractivity contribution in [2.45, 2.75) is 26.4 Å². The summed E-state index contributed by atoms with van der Waals surface area (Å²) < 4.78 is 5.71. The SMILES string of the molecule is CCC(Oc1cccc(C)c1)C(=O)Nc1ncc(C=O)s1. The molecule has 21 heavy (non-hydrogen) atoms. The average molecular weight is 304 g/mol. The first-order valence-corrected chi connectivity index (χ1v) is 7.39. The zero-order valence-corrected chi connectivity index (χ0v) is 12.6. The highest BCUT2D eigenvalue weighted by Crippen LogP contribution is 2.19. The van der Waals surface area contributed by atoms with E-state index >= 15 is 0 Å². The number of nitrogens with zero attached hydrogens (tertiary/aromatic N) is 1. The van der Waals surface area contributed by atoms with Crippen LogP contribution in [0.1, 0.15) is 28.6 Å². The summed E-state index contributed by atoms with van der Waals surface area (Å²) in [6, 6.07) is 7.54. The number of carbonyl (C=O) groups excluding carboxylic acids is 2. The third kappa shape index (κ3) is 4.13. The number of aryl methyl sites for hydroxylation is 1. The molecule has 0 saturated carbocycles. The predicted molar refractivity (Wildman–Crippen MR) is 82.0 cm³/mol. The maximum Gasteiger partial charge on any atom is 0.267 e. The Morgan fingerprint density at radius 1 is 1.52 bits per heavy atom. The van der Waals surface area contributed by atoms with Crippen LogP contribution in [0.4, 0.5) is 5.13 Å². The van der Waals surface area contributed by atoms with E-state index in [2.05, 4.69) is 10.3 Å². The standard InChI is InChI=1S/C15H16N2O3S/c1-3-13(20-11-6-4-5-10(2)7-11)14(19)17-15-16-8-12(9-18)21-15/h4-9,13H,3H2,1-2H3,(H,16,17,19). The van der Waals surface area contributed by atoms with Crippen molar-refractivity contribution in [3.05, 3.63) is 40.9 Å². The third-order valence-corrected chi connectivity index (χ3v) is 3.64. The highest BCUT2D eigenvalue weighted by Gasteiger charge is 2.19. The van der Waals surface area contributed by atoms with Gasteiger partial charge in [-0.2, -0.15) is 0 Å². The molecule has 1 atom stereocenters. The van der Waals surface area contributed by atoms with Crippen LogP contribution in [-0.2, 0) is 4.79 Å². The minimum atomic E-state index is -0.601. The van der Waals surface area contributed by atoms with Gasteiger partial charge in [-0.25, -0.2) is 4.98 Å². The van der Waals surface area contributed by atoms with E-state index in [0.29, 0.717) is 28.5 Å².